The predicted molar refractivity (Wildman–Crippen MR) is 87.5 cm³/mol. The summed E-state index contributed by atoms with van der Waals surface area (Å²) in [5.41, 5.74) is 0. The molecule has 1 aromatic rings. The van der Waals surface area contributed by atoms with E-state index < -0.39 is 0 Å². The Bertz CT molecular complexity index is 603. The minimum absolute atomic E-state index is 0.152. The van der Waals surface area contributed by atoms with Crippen molar-refractivity contribution in [1.82, 2.24) is 10.2 Å². The monoisotopic (exact) mass is 358 g/mol. The van der Waals surface area contributed by atoms with E-state index in [1.54, 1.807) is 12.1 Å². The summed E-state index contributed by atoms with van der Waals surface area (Å²) in [5, 5.41) is 2.78. The summed E-state index contributed by atoms with van der Waals surface area (Å²) in [6.07, 6.45) is 3.46. The highest BCUT2D eigenvalue weighted by molar-refractivity contribution is 8.14. The molecule has 22 heavy (non-hydrogen) atoms. The van der Waals surface area contributed by atoms with Crippen molar-refractivity contribution in [3.05, 3.63) is 21.3 Å². The third-order valence-electron chi connectivity index (χ3n) is 3.96. The second-order valence-electron chi connectivity index (χ2n) is 5.35. The van der Waals surface area contributed by atoms with Crippen LogP contribution in [0.2, 0.25) is 4.34 Å². The molecule has 3 rings (SSSR count). The maximum absolute atomic E-state index is 12.3. The van der Waals surface area contributed by atoms with Crippen LogP contribution in [0.15, 0.2) is 12.1 Å². The number of hydrogen-bond acceptors (Lipinski definition) is 5. The van der Waals surface area contributed by atoms with Crippen molar-refractivity contribution in [1.29, 1.82) is 0 Å². The van der Waals surface area contributed by atoms with Crippen LogP contribution in [0.4, 0.5) is 4.79 Å². The Hall–Kier alpha value is -1.05. The SMILES string of the molecule is O=C(N[C@H]1CCCC[C@H]1N1C(=O)CSC1=O)c1ccc(Cl)s1. The highest BCUT2D eigenvalue weighted by atomic mass is 35.5. The Balaban J connectivity index is 1.74. The zero-order chi connectivity index (χ0) is 15.7. The highest BCUT2D eigenvalue weighted by Gasteiger charge is 2.41. The number of thiophene rings is 1. The molecular formula is C14H15ClN2O3S2. The molecule has 1 N–H and O–H groups in total. The summed E-state index contributed by atoms with van der Waals surface area (Å²) < 4.78 is 0.562. The van der Waals surface area contributed by atoms with Crippen molar-refractivity contribution in [2.24, 2.45) is 0 Å². The average molecular weight is 359 g/mol. The van der Waals surface area contributed by atoms with Crippen molar-refractivity contribution in [2.75, 3.05) is 5.75 Å². The smallest absolute Gasteiger partial charge is 0.289 e. The van der Waals surface area contributed by atoms with Gasteiger partial charge in [-0.1, -0.05) is 36.2 Å². The topological polar surface area (TPSA) is 66.5 Å². The Labute approximate surface area is 141 Å². The van der Waals surface area contributed by atoms with E-state index in [0.717, 1.165) is 37.4 Å². The number of amides is 3. The van der Waals surface area contributed by atoms with Crippen molar-refractivity contribution in [3.63, 3.8) is 0 Å². The lowest BCUT2D eigenvalue weighted by Gasteiger charge is -2.36. The standard InChI is InChI=1S/C14H15ClN2O3S2/c15-11-6-5-10(22-11)13(19)16-8-3-1-2-4-9(8)17-12(18)7-21-14(17)20/h5-6,8-9H,1-4,7H2,(H,16,19)/t8-,9+/m0/s1. The number of thioether (sulfide) groups is 1. The van der Waals surface area contributed by atoms with E-state index in [1.807, 2.05) is 0 Å². The van der Waals surface area contributed by atoms with Crippen LogP contribution in [0.5, 0.6) is 0 Å². The minimum Gasteiger partial charge on any atom is -0.347 e. The Morgan fingerprint density at radius 2 is 2.05 bits per heavy atom. The van der Waals surface area contributed by atoms with Crippen LogP contribution in [0.1, 0.15) is 35.4 Å². The summed E-state index contributed by atoms with van der Waals surface area (Å²) in [7, 11) is 0. The highest BCUT2D eigenvalue weighted by Crippen LogP contribution is 2.30. The number of carbonyl (C=O) groups is 3. The number of nitrogens with zero attached hydrogens (tertiary/aromatic N) is 1. The second kappa shape index (κ2) is 6.60. The first-order valence-electron chi connectivity index (χ1n) is 7.11. The van der Waals surface area contributed by atoms with E-state index in [2.05, 4.69) is 5.32 Å². The van der Waals surface area contributed by atoms with Crippen molar-refractivity contribution in [2.45, 2.75) is 37.8 Å². The van der Waals surface area contributed by atoms with Gasteiger partial charge in [-0.25, -0.2) is 0 Å². The molecule has 5 nitrogen and oxygen atoms in total. The molecule has 0 aromatic carbocycles. The predicted octanol–water partition coefficient (Wildman–Crippen LogP) is 3.14. The maximum atomic E-state index is 12.3. The quantitative estimate of drug-likeness (QED) is 0.901. The lowest BCUT2D eigenvalue weighted by molar-refractivity contribution is -0.127. The Morgan fingerprint density at radius 3 is 2.68 bits per heavy atom. The first-order valence-corrected chi connectivity index (χ1v) is 9.29. The summed E-state index contributed by atoms with van der Waals surface area (Å²) in [6, 6.07) is 2.95. The van der Waals surface area contributed by atoms with Gasteiger partial charge in [0.1, 0.15) is 0 Å². The summed E-state index contributed by atoms with van der Waals surface area (Å²) in [5.74, 6) is -0.142. The fourth-order valence-corrected chi connectivity index (χ4v) is 4.66. The van der Waals surface area contributed by atoms with Gasteiger partial charge < -0.3 is 5.32 Å². The summed E-state index contributed by atoms with van der Waals surface area (Å²) >= 11 is 8.11. The molecule has 0 bridgehead atoms. The molecule has 2 atom stereocenters. The lowest BCUT2D eigenvalue weighted by Crippen LogP contribution is -2.54. The van der Waals surface area contributed by atoms with E-state index in [1.165, 1.54) is 16.2 Å². The van der Waals surface area contributed by atoms with Gasteiger partial charge in [0.05, 0.1) is 27.1 Å². The molecule has 1 saturated carbocycles. The van der Waals surface area contributed by atoms with Crippen LogP contribution in [0.3, 0.4) is 0 Å². The molecule has 118 valence electrons. The van der Waals surface area contributed by atoms with Crippen LogP contribution in [-0.2, 0) is 4.79 Å². The van der Waals surface area contributed by atoms with Gasteiger partial charge >= 0.3 is 0 Å². The minimum atomic E-state index is -0.233. The molecule has 0 radical (unpaired) electrons. The molecule has 0 unspecified atom stereocenters. The molecule has 1 aliphatic carbocycles. The van der Waals surface area contributed by atoms with Crippen molar-refractivity contribution in [3.8, 4) is 0 Å². The van der Waals surface area contributed by atoms with Gasteiger partial charge in [0.25, 0.3) is 11.1 Å². The number of hydrogen-bond donors (Lipinski definition) is 1. The van der Waals surface area contributed by atoms with Gasteiger partial charge in [0, 0.05) is 0 Å². The van der Waals surface area contributed by atoms with E-state index >= 15 is 0 Å². The molecule has 8 heteroatoms. The fraction of sp³-hybridized carbons (Fsp3) is 0.500. The van der Waals surface area contributed by atoms with E-state index in [-0.39, 0.29) is 34.9 Å². The average Bonchev–Trinajstić information content (AvgIpc) is 3.06. The van der Waals surface area contributed by atoms with Crippen LogP contribution >= 0.6 is 34.7 Å². The molecule has 1 aliphatic heterocycles. The molecule has 0 spiro atoms. The molecule has 3 amide bonds. The molecule has 2 fully saturated rings. The lowest BCUT2D eigenvalue weighted by atomic mass is 9.89. The molecule has 1 saturated heterocycles. The zero-order valence-electron chi connectivity index (χ0n) is 11.7. The van der Waals surface area contributed by atoms with E-state index in [0.29, 0.717) is 9.21 Å². The fourth-order valence-electron chi connectivity index (χ4n) is 2.95. The Morgan fingerprint density at radius 1 is 1.27 bits per heavy atom. The van der Waals surface area contributed by atoms with Crippen molar-refractivity contribution < 1.29 is 14.4 Å². The normalized spacial score (nSPS) is 25.6. The van der Waals surface area contributed by atoms with Crippen molar-refractivity contribution >= 4 is 51.8 Å². The van der Waals surface area contributed by atoms with Crippen LogP contribution in [0, 0.1) is 0 Å². The number of halogens is 1. The van der Waals surface area contributed by atoms with Crippen LogP contribution < -0.4 is 5.32 Å². The van der Waals surface area contributed by atoms with Gasteiger partial charge in [0.2, 0.25) is 5.91 Å². The van der Waals surface area contributed by atoms with Gasteiger partial charge in [-0.2, -0.15) is 0 Å². The first kappa shape index (κ1) is 15.8. The maximum Gasteiger partial charge on any atom is 0.289 e. The number of carbonyl (C=O) groups excluding carboxylic acids is 3. The van der Waals surface area contributed by atoms with Crippen LogP contribution in [-0.4, -0.2) is 39.8 Å². The number of rotatable bonds is 3. The van der Waals surface area contributed by atoms with E-state index in [9.17, 15) is 14.4 Å². The van der Waals surface area contributed by atoms with Gasteiger partial charge in [0.15, 0.2) is 0 Å². The molecular weight excluding hydrogens is 344 g/mol. The molecule has 2 aliphatic rings. The van der Waals surface area contributed by atoms with Gasteiger partial charge in [-0.15, -0.1) is 11.3 Å². The van der Waals surface area contributed by atoms with Gasteiger partial charge in [-0.3, -0.25) is 19.3 Å². The number of imide groups is 1. The van der Waals surface area contributed by atoms with E-state index in [4.69, 9.17) is 11.6 Å². The van der Waals surface area contributed by atoms with Gasteiger partial charge in [-0.05, 0) is 25.0 Å². The Kier molecular flexibility index (Phi) is 4.75. The largest absolute Gasteiger partial charge is 0.347 e. The number of nitrogens with one attached hydrogen (secondary N) is 1. The summed E-state index contributed by atoms with van der Waals surface area (Å²) in [6.45, 7) is 0. The third-order valence-corrected chi connectivity index (χ3v) is 6.02. The first-order chi connectivity index (χ1) is 10.6. The summed E-state index contributed by atoms with van der Waals surface area (Å²) in [4.78, 5) is 38.1. The molecule has 1 aromatic heterocycles. The van der Waals surface area contributed by atoms with Crippen LogP contribution in [0.25, 0.3) is 0 Å². The second-order valence-corrected chi connectivity index (χ2v) is 8.00. The molecule has 2 heterocycles. The third kappa shape index (κ3) is 3.16. The zero-order valence-corrected chi connectivity index (χ0v) is 14.1.